The van der Waals surface area contributed by atoms with Crippen LogP contribution in [-0.2, 0) is 19.3 Å². The number of thiophene rings is 1. The first kappa shape index (κ1) is 14.1. The van der Waals surface area contributed by atoms with Gasteiger partial charge in [0.15, 0.2) is 0 Å². The number of carbonyl (C=O) groups excluding carboxylic acids is 1. The van der Waals surface area contributed by atoms with Crippen molar-refractivity contribution >= 4 is 22.2 Å². The molecular formula is C17H20N2OS. The van der Waals surface area contributed by atoms with Crippen LogP contribution in [0, 0.1) is 0 Å². The average molecular weight is 300 g/mol. The van der Waals surface area contributed by atoms with E-state index in [-0.39, 0.29) is 5.91 Å². The van der Waals surface area contributed by atoms with Gasteiger partial charge in [-0.1, -0.05) is 30.3 Å². The van der Waals surface area contributed by atoms with Crippen molar-refractivity contribution in [3.05, 3.63) is 51.9 Å². The van der Waals surface area contributed by atoms with Gasteiger partial charge < -0.3 is 11.1 Å². The lowest BCUT2D eigenvalue weighted by Gasteiger charge is -2.12. The van der Waals surface area contributed by atoms with Crippen molar-refractivity contribution in [3.8, 4) is 0 Å². The first-order valence-electron chi connectivity index (χ1n) is 7.48. The molecule has 0 radical (unpaired) electrons. The zero-order valence-corrected chi connectivity index (χ0v) is 12.8. The minimum atomic E-state index is -0.0113. The number of benzene rings is 1. The second-order valence-electron chi connectivity index (χ2n) is 5.44. The van der Waals surface area contributed by atoms with Gasteiger partial charge in [0.25, 0.3) is 5.91 Å². The Hall–Kier alpha value is -1.81. The van der Waals surface area contributed by atoms with Gasteiger partial charge in [-0.3, -0.25) is 4.79 Å². The molecule has 0 unspecified atom stereocenters. The van der Waals surface area contributed by atoms with Crippen LogP contribution < -0.4 is 11.1 Å². The van der Waals surface area contributed by atoms with Crippen molar-refractivity contribution < 1.29 is 4.79 Å². The highest BCUT2D eigenvalue weighted by Gasteiger charge is 2.23. The SMILES string of the molecule is Nc1sc2c(c1C(=O)NCCc1ccccc1)CCCC2. The van der Waals surface area contributed by atoms with Crippen LogP contribution in [0.25, 0.3) is 0 Å². The fourth-order valence-electron chi connectivity index (χ4n) is 2.89. The molecule has 21 heavy (non-hydrogen) atoms. The summed E-state index contributed by atoms with van der Waals surface area (Å²) in [5.41, 5.74) is 9.23. The average Bonchev–Trinajstić information content (AvgIpc) is 2.84. The van der Waals surface area contributed by atoms with E-state index in [9.17, 15) is 4.79 Å². The molecule has 2 aromatic rings. The Labute approximate surface area is 129 Å². The summed E-state index contributed by atoms with van der Waals surface area (Å²) in [4.78, 5) is 13.7. The number of aryl methyl sites for hydroxylation is 1. The summed E-state index contributed by atoms with van der Waals surface area (Å²) in [5, 5.41) is 3.69. The van der Waals surface area contributed by atoms with Crippen molar-refractivity contribution in [3.63, 3.8) is 0 Å². The van der Waals surface area contributed by atoms with E-state index in [1.165, 1.54) is 22.4 Å². The molecule has 110 valence electrons. The Balaban J connectivity index is 1.64. The number of fused-ring (bicyclic) bond motifs is 1. The Morgan fingerprint density at radius 1 is 1.19 bits per heavy atom. The molecule has 0 saturated carbocycles. The molecule has 3 N–H and O–H groups in total. The van der Waals surface area contributed by atoms with E-state index in [0.29, 0.717) is 11.5 Å². The van der Waals surface area contributed by atoms with Crippen LogP contribution in [0.3, 0.4) is 0 Å². The number of hydrogen-bond donors (Lipinski definition) is 2. The number of anilines is 1. The van der Waals surface area contributed by atoms with Gasteiger partial charge in [-0.05, 0) is 43.2 Å². The predicted octanol–water partition coefficient (Wildman–Crippen LogP) is 3.18. The fraction of sp³-hybridized carbons (Fsp3) is 0.353. The minimum absolute atomic E-state index is 0.0113. The molecule has 1 aliphatic rings. The van der Waals surface area contributed by atoms with Crippen LogP contribution in [0.15, 0.2) is 30.3 Å². The molecule has 1 amide bonds. The number of nitrogen functional groups attached to an aromatic ring is 1. The van der Waals surface area contributed by atoms with E-state index in [2.05, 4.69) is 17.4 Å². The lowest BCUT2D eigenvalue weighted by atomic mass is 9.95. The van der Waals surface area contributed by atoms with Crippen LogP contribution in [0.5, 0.6) is 0 Å². The zero-order chi connectivity index (χ0) is 14.7. The molecule has 0 fully saturated rings. The van der Waals surface area contributed by atoms with E-state index in [4.69, 9.17) is 5.73 Å². The molecule has 4 heteroatoms. The summed E-state index contributed by atoms with van der Waals surface area (Å²) in [5.74, 6) is -0.0113. The summed E-state index contributed by atoms with van der Waals surface area (Å²) < 4.78 is 0. The number of rotatable bonds is 4. The maximum atomic E-state index is 12.4. The van der Waals surface area contributed by atoms with Crippen LogP contribution >= 0.6 is 11.3 Å². The Morgan fingerprint density at radius 3 is 2.76 bits per heavy atom. The second kappa shape index (κ2) is 6.31. The fourth-order valence-corrected chi connectivity index (χ4v) is 4.05. The number of hydrogen-bond acceptors (Lipinski definition) is 3. The molecule has 1 aliphatic carbocycles. The molecule has 1 aromatic heterocycles. The molecule has 0 bridgehead atoms. The van der Waals surface area contributed by atoms with Crippen molar-refractivity contribution in [1.82, 2.24) is 5.32 Å². The van der Waals surface area contributed by atoms with Crippen LogP contribution in [0.4, 0.5) is 5.00 Å². The molecule has 1 heterocycles. The number of nitrogens with one attached hydrogen (secondary N) is 1. The standard InChI is InChI=1S/C17H20N2OS/c18-16-15(13-8-4-5-9-14(13)21-16)17(20)19-11-10-12-6-2-1-3-7-12/h1-3,6-7H,4-5,8-11,18H2,(H,19,20). The molecular weight excluding hydrogens is 280 g/mol. The van der Waals surface area contributed by atoms with Gasteiger partial charge >= 0.3 is 0 Å². The normalized spacial score (nSPS) is 13.7. The van der Waals surface area contributed by atoms with E-state index in [1.807, 2.05) is 18.2 Å². The Bertz CT molecular complexity index is 634. The van der Waals surface area contributed by atoms with Crippen molar-refractivity contribution in [1.29, 1.82) is 0 Å². The van der Waals surface area contributed by atoms with E-state index in [1.54, 1.807) is 11.3 Å². The summed E-state index contributed by atoms with van der Waals surface area (Å²) in [6.07, 6.45) is 5.28. The van der Waals surface area contributed by atoms with Gasteiger partial charge in [0, 0.05) is 11.4 Å². The molecule has 0 saturated heterocycles. The topological polar surface area (TPSA) is 55.1 Å². The number of carbonyl (C=O) groups is 1. The number of amides is 1. The predicted molar refractivity (Wildman–Crippen MR) is 87.9 cm³/mol. The van der Waals surface area contributed by atoms with Crippen molar-refractivity contribution in [2.24, 2.45) is 0 Å². The summed E-state index contributed by atoms with van der Waals surface area (Å²) in [7, 11) is 0. The van der Waals surface area contributed by atoms with Gasteiger partial charge in [-0.25, -0.2) is 0 Å². The van der Waals surface area contributed by atoms with E-state index < -0.39 is 0 Å². The summed E-state index contributed by atoms with van der Waals surface area (Å²) >= 11 is 1.59. The van der Waals surface area contributed by atoms with Gasteiger partial charge in [-0.15, -0.1) is 11.3 Å². The first-order chi connectivity index (χ1) is 10.3. The van der Waals surface area contributed by atoms with Crippen LogP contribution in [0.1, 0.15) is 39.2 Å². The van der Waals surface area contributed by atoms with Crippen molar-refractivity contribution in [2.75, 3.05) is 12.3 Å². The Morgan fingerprint density at radius 2 is 1.95 bits per heavy atom. The quantitative estimate of drug-likeness (QED) is 0.911. The third kappa shape index (κ3) is 3.10. The van der Waals surface area contributed by atoms with E-state index >= 15 is 0 Å². The molecule has 1 aromatic carbocycles. The lowest BCUT2D eigenvalue weighted by molar-refractivity contribution is 0.0954. The molecule has 0 aliphatic heterocycles. The van der Waals surface area contributed by atoms with Gasteiger partial charge in [0.2, 0.25) is 0 Å². The third-order valence-electron chi connectivity index (χ3n) is 3.97. The molecule has 3 rings (SSSR count). The van der Waals surface area contributed by atoms with Crippen LogP contribution in [0.2, 0.25) is 0 Å². The minimum Gasteiger partial charge on any atom is -0.390 e. The highest BCUT2D eigenvalue weighted by atomic mass is 32.1. The van der Waals surface area contributed by atoms with Gasteiger partial charge in [0.1, 0.15) is 0 Å². The van der Waals surface area contributed by atoms with E-state index in [0.717, 1.165) is 31.2 Å². The third-order valence-corrected chi connectivity index (χ3v) is 5.09. The van der Waals surface area contributed by atoms with Gasteiger partial charge in [-0.2, -0.15) is 0 Å². The monoisotopic (exact) mass is 300 g/mol. The highest BCUT2D eigenvalue weighted by molar-refractivity contribution is 7.16. The molecule has 3 nitrogen and oxygen atoms in total. The van der Waals surface area contributed by atoms with Crippen molar-refractivity contribution in [2.45, 2.75) is 32.1 Å². The second-order valence-corrected chi connectivity index (χ2v) is 6.58. The Kier molecular flexibility index (Phi) is 4.25. The maximum Gasteiger partial charge on any atom is 0.254 e. The molecule has 0 spiro atoms. The molecule has 0 atom stereocenters. The van der Waals surface area contributed by atoms with Gasteiger partial charge in [0.05, 0.1) is 10.6 Å². The zero-order valence-electron chi connectivity index (χ0n) is 12.0. The highest BCUT2D eigenvalue weighted by Crippen LogP contribution is 2.36. The first-order valence-corrected chi connectivity index (χ1v) is 8.29. The number of nitrogens with two attached hydrogens (primary N) is 1. The maximum absolute atomic E-state index is 12.4. The smallest absolute Gasteiger partial charge is 0.254 e. The summed E-state index contributed by atoms with van der Waals surface area (Å²) in [6.45, 7) is 0.646. The lowest BCUT2D eigenvalue weighted by Crippen LogP contribution is -2.27. The largest absolute Gasteiger partial charge is 0.390 e. The summed E-state index contributed by atoms with van der Waals surface area (Å²) in [6, 6.07) is 10.2. The van der Waals surface area contributed by atoms with Crippen LogP contribution in [-0.4, -0.2) is 12.5 Å².